The molecule has 0 saturated carbocycles. The Labute approximate surface area is 271 Å². The summed E-state index contributed by atoms with van der Waals surface area (Å²) in [7, 11) is -3.81. The van der Waals surface area contributed by atoms with Crippen LogP contribution in [0.5, 0.6) is 0 Å². The molecule has 46 heavy (non-hydrogen) atoms. The first-order valence-electron chi connectivity index (χ1n) is 14.0. The van der Waals surface area contributed by atoms with Crippen molar-refractivity contribution >= 4 is 56.2 Å². The smallest absolute Gasteiger partial charge is 0.321 e. The first-order chi connectivity index (χ1) is 21.8. The maximum Gasteiger partial charge on any atom is 0.416 e. The monoisotopic (exact) mass is 686 g/mol. The van der Waals surface area contributed by atoms with Crippen LogP contribution >= 0.6 is 22.9 Å². The second kappa shape index (κ2) is 13.3. The molecule has 4 aromatic rings. The quantitative estimate of drug-likeness (QED) is 0.300. The van der Waals surface area contributed by atoms with Gasteiger partial charge in [-0.25, -0.2) is 8.42 Å². The van der Waals surface area contributed by atoms with Crippen molar-refractivity contribution in [3.63, 3.8) is 0 Å². The number of carbonyl (C=O) groups excluding carboxylic acids is 1. The summed E-state index contributed by atoms with van der Waals surface area (Å²) in [6, 6.07) is 16.6. The Morgan fingerprint density at radius 1 is 1.04 bits per heavy atom. The van der Waals surface area contributed by atoms with E-state index < -0.39 is 38.8 Å². The Balaban J connectivity index is 1.62. The van der Waals surface area contributed by atoms with E-state index in [9.17, 15) is 36.4 Å². The molecule has 14 heteroatoms. The molecule has 0 bridgehead atoms. The normalized spacial score (nSPS) is 15.3. The second-order valence-electron chi connectivity index (χ2n) is 10.5. The maximum atomic E-state index is 13.8. The zero-order valence-electron chi connectivity index (χ0n) is 24.3. The number of aromatic nitrogens is 1. The number of hydrogen-bond donors (Lipinski definition) is 1. The van der Waals surface area contributed by atoms with Crippen LogP contribution in [-0.2, 0) is 21.0 Å². The molecule has 1 aliphatic heterocycles. The number of nitrogens with one attached hydrogen (secondary N) is 1. The van der Waals surface area contributed by atoms with E-state index in [2.05, 4.69) is 5.32 Å². The number of hydrogen-bond acceptors (Lipinski definition) is 6. The van der Waals surface area contributed by atoms with E-state index in [0.29, 0.717) is 34.9 Å². The summed E-state index contributed by atoms with van der Waals surface area (Å²) in [5.41, 5.74) is -0.726. The minimum Gasteiger partial charge on any atom is -0.321 e. The van der Waals surface area contributed by atoms with Crippen LogP contribution in [0, 0.1) is 18.3 Å². The maximum absolute atomic E-state index is 13.8. The number of rotatable bonds is 6. The molecule has 3 aromatic carbocycles. The van der Waals surface area contributed by atoms with E-state index in [4.69, 9.17) is 11.6 Å². The van der Waals surface area contributed by atoms with Crippen molar-refractivity contribution < 1.29 is 26.4 Å². The lowest BCUT2D eigenvalue weighted by Gasteiger charge is -2.26. The van der Waals surface area contributed by atoms with Gasteiger partial charge >= 0.3 is 6.18 Å². The molecule has 1 saturated heterocycles. The lowest BCUT2D eigenvalue weighted by Crippen LogP contribution is -2.35. The van der Waals surface area contributed by atoms with Crippen LogP contribution in [0.4, 0.5) is 18.9 Å². The summed E-state index contributed by atoms with van der Waals surface area (Å²) >= 11 is 7.14. The van der Waals surface area contributed by atoms with Gasteiger partial charge in [-0.3, -0.25) is 14.2 Å². The topological polar surface area (TPSA) is 112 Å². The fourth-order valence-electron chi connectivity index (χ4n) is 5.00. The highest BCUT2D eigenvalue weighted by Gasteiger charge is 2.30. The summed E-state index contributed by atoms with van der Waals surface area (Å²) in [6.07, 6.45) is -0.713. The van der Waals surface area contributed by atoms with Gasteiger partial charge < -0.3 is 5.32 Å². The minimum atomic E-state index is -4.53. The number of piperidine rings is 1. The van der Waals surface area contributed by atoms with Crippen molar-refractivity contribution in [1.82, 2.24) is 8.87 Å². The first kappa shape index (κ1) is 33.2. The fraction of sp³-hybridized carbons (Fsp3) is 0.219. The van der Waals surface area contributed by atoms with Crippen molar-refractivity contribution in [3.05, 3.63) is 108 Å². The van der Waals surface area contributed by atoms with Gasteiger partial charge in [0.15, 0.2) is 5.57 Å². The van der Waals surface area contributed by atoms with Crippen molar-refractivity contribution in [1.29, 1.82) is 5.26 Å². The van der Waals surface area contributed by atoms with Crippen LogP contribution in [0.25, 0.3) is 17.3 Å². The Morgan fingerprint density at radius 3 is 2.37 bits per heavy atom. The average molecular weight is 687 g/mol. The number of thiazole rings is 1. The van der Waals surface area contributed by atoms with Gasteiger partial charge in [0.2, 0.25) is 10.0 Å². The van der Waals surface area contributed by atoms with E-state index in [1.165, 1.54) is 46.8 Å². The second-order valence-corrected chi connectivity index (χ2v) is 13.9. The molecule has 0 aliphatic carbocycles. The molecule has 8 nitrogen and oxygen atoms in total. The predicted octanol–water partition coefficient (Wildman–Crippen LogP) is 5.20. The van der Waals surface area contributed by atoms with Gasteiger partial charge in [-0.05, 0) is 79.4 Å². The third kappa shape index (κ3) is 6.80. The number of amides is 1. The van der Waals surface area contributed by atoms with E-state index in [-0.39, 0.29) is 19.8 Å². The number of nitriles is 1. The molecule has 238 valence electrons. The molecule has 1 amide bonds. The zero-order valence-corrected chi connectivity index (χ0v) is 26.7. The number of sulfonamides is 1. The molecule has 2 heterocycles. The van der Waals surface area contributed by atoms with Crippen LogP contribution in [0.1, 0.15) is 36.0 Å². The first-order valence-corrected chi connectivity index (χ1v) is 16.7. The molecule has 0 atom stereocenters. The van der Waals surface area contributed by atoms with Gasteiger partial charge in [0.05, 0.1) is 20.7 Å². The van der Waals surface area contributed by atoms with Crippen molar-refractivity contribution in [2.24, 2.45) is 0 Å². The Morgan fingerprint density at radius 2 is 1.72 bits per heavy atom. The third-order valence-electron chi connectivity index (χ3n) is 7.44. The van der Waals surface area contributed by atoms with Gasteiger partial charge in [0.25, 0.3) is 11.5 Å². The fourth-order valence-corrected chi connectivity index (χ4v) is 7.83. The molecule has 5 rings (SSSR count). The molecular weight excluding hydrogens is 661 g/mol. The molecule has 1 N–H and O–H groups in total. The summed E-state index contributed by atoms with van der Waals surface area (Å²) in [4.78, 5) is 27.3. The standard InChI is InChI=1S/C32H26ClF3N4O4S2/c1-20-26(33)9-6-10-27(20)40-30(42)28(17-21-11-13-22(14-12-21)32(34,35)36)45-31(40)25(19-37)29(41)38-23-7-5-8-24(18-23)46(43,44)39-15-3-2-4-16-39/h5-14,17-18H,2-4,15-16H2,1H3,(H,38,41)/b28-17-,31-25-. The highest BCUT2D eigenvalue weighted by Crippen LogP contribution is 2.29. The third-order valence-corrected chi connectivity index (χ3v) is 10.8. The highest BCUT2D eigenvalue weighted by atomic mass is 35.5. The van der Waals surface area contributed by atoms with Crippen LogP contribution < -0.4 is 20.1 Å². The van der Waals surface area contributed by atoms with Crippen LogP contribution in [0.3, 0.4) is 0 Å². The summed E-state index contributed by atoms with van der Waals surface area (Å²) in [5, 5.41) is 13.1. The van der Waals surface area contributed by atoms with Gasteiger partial charge in [-0.2, -0.15) is 22.7 Å². The number of anilines is 1. The molecule has 0 spiro atoms. The minimum absolute atomic E-state index is 0.0123. The molecule has 1 fully saturated rings. The van der Waals surface area contributed by atoms with E-state index >= 15 is 0 Å². The van der Waals surface area contributed by atoms with Crippen molar-refractivity contribution in [3.8, 4) is 11.8 Å². The van der Waals surface area contributed by atoms with Crippen LogP contribution in [-0.4, -0.2) is 36.3 Å². The summed E-state index contributed by atoms with van der Waals surface area (Å²) < 4.78 is 68.2. The Bertz CT molecular complexity index is 2150. The molecular formula is C32H26ClF3N4O4S2. The summed E-state index contributed by atoms with van der Waals surface area (Å²) in [5.74, 6) is -0.897. The van der Waals surface area contributed by atoms with Crippen LogP contribution in [0.2, 0.25) is 5.02 Å². The van der Waals surface area contributed by atoms with Gasteiger partial charge in [-0.15, -0.1) is 11.3 Å². The zero-order chi connectivity index (χ0) is 33.2. The average Bonchev–Trinajstić information content (AvgIpc) is 3.33. The van der Waals surface area contributed by atoms with Gasteiger partial charge in [0, 0.05) is 23.8 Å². The number of carbonyl (C=O) groups is 1. The van der Waals surface area contributed by atoms with E-state index in [1.54, 1.807) is 25.1 Å². The van der Waals surface area contributed by atoms with Crippen molar-refractivity contribution in [2.45, 2.75) is 37.3 Å². The largest absolute Gasteiger partial charge is 0.416 e. The molecule has 0 unspecified atom stereocenters. The molecule has 1 aromatic heterocycles. The Kier molecular flexibility index (Phi) is 9.55. The number of alkyl halides is 3. The van der Waals surface area contributed by atoms with Gasteiger partial charge in [0.1, 0.15) is 10.7 Å². The number of nitrogens with zero attached hydrogens (tertiary/aromatic N) is 3. The number of benzene rings is 3. The lowest BCUT2D eigenvalue weighted by molar-refractivity contribution is -0.137. The predicted molar refractivity (Wildman–Crippen MR) is 171 cm³/mol. The SMILES string of the molecule is Cc1c(Cl)cccc1-n1c(=O)/c(=C/c2ccc(C(F)(F)F)cc2)s/c1=C(/C#N)C(=O)Nc1cccc(S(=O)(=O)N2CCCCC2)c1. The van der Waals surface area contributed by atoms with Gasteiger partial charge in [-0.1, -0.05) is 42.3 Å². The van der Waals surface area contributed by atoms with Crippen molar-refractivity contribution in [2.75, 3.05) is 18.4 Å². The lowest BCUT2D eigenvalue weighted by atomic mass is 10.1. The number of halogens is 4. The molecule has 0 radical (unpaired) electrons. The van der Waals surface area contributed by atoms with E-state index in [0.717, 1.165) is 47.3 Å². The highest BCUT2D eigenvalue weighted by molar-refractivity contribution is 7.89. The van der Waals surface area contributed by atoms with E-state index in [1.807, 2.05) is 6.07 Å². The van der Waals surface area contributed by atoms with Crippen LogP contribution in [0.15, 0.2) is 76.4 Å². The Hall–Kier alpha value is -4.22. The summed E-state index contributed by atoms with van der Waals surface area (Å²) in [6.45, 7) is 2.46. The molecule has 1 aliphatic rings.